The van der Waals surface area contributed by atoms with Crippen LogP contribution in [-0.4, -0.2) is 148 Å². The Morgan fingerprint density at radius 3 is 1.06 bits per heavy atom. The lowest BCUT2D eigenvalue weighted by molar-refractivity contribution is -0.144. The number of alkyl carbamates (subject to hydrolysis) is 2. The third-order valence-corrected chi connectivity index (χ3v) is 13.9. The zero-order valence-corrected chi connectivity index (χ0v) is 51.1. The number of rotatable bonds is 34. The molecule has 22 nitrogen and oxygen atoms in total. The molecular weight excluding hydrogens is 1260 g/mol. The lowest BCUT2D eigenvalue weighted by atomic mass is 10.1. The van der Waals surface area contributed by atoms with Gasteiger partial charge in [-0.3, -0.25) is 28.8 Å². The number of nitrogens with one attached hydrogen (secondary N) is 6. The predicted molar refractivity (Wildman–Crippen MR) is 319 cm³/mol. The summed E-state index contributed by atoms with van der Waals surface area (Å²) >= 11 is 0. The summed E-state index contributed by atoms with van der Waals surface area (Å²) in [6.07, 6.45) is -10.0. The van der Waals surface area contributed by atoms with E-state index in [-0.39, 0.29) is 99.8 Å². The molecule has 94 heavy (non-hydrogen) atoms. The number of benzene rings is 5. The minimum atomic E-state index is -4.57. The number of hydrogen-bond donors (Lipinski definition) is 6. The molecule has 5 rings (SSSR count). The Labute approximate surface area is 534 Å². The Morgan fingerprint density at radius 1 is 0.426 bits per heavy atom. The van der Waals surface area contributed by atoms with E-state index >= 15 is 0 Å². The molecular formula is C64H70F8N8O14. The molecule has 5 aromatic rings. The van der Waals surface area contributed by atoms with Crippen molar-refractivity contribution in [3.05, 3.63) is 177 Å². The summed E-state index contributed by atoms with van der Waals surface area (Å²) in [4.78, 5) is 135. The molecule has 0 fully saturated rings. The second-order valence-corrected chi connectivity index (χ2v) is 21.0. The van der Waals surface area contributed by atoms with Gasteiger partial charge in [-0.25, -0.2) is 28.0 Å². The number of methoxy groups -OCH3 is 2. The molecule has 0 radical (unpaired) electrons. The SMILES string of the molecule is COC(=O)[C@H](CCCCNC(=O)CN(CC(=O)NCCc1ccc(F)cc1)C(=O)c1cccc(C(=O)N(CC(=O)NCCCC[C@H](NC(=O)OCc2ccc(C(F)(F)F)cc2)C(=O)OC)CC(=O)NCCc2ccc(F)cc2)c1)NC(=O)OCc1ccc(C(F)(F)F)cc1. The van der Waals surface area contributed by atoms with Crippen LogP contribution in [0.4, 0.5) is 44.7 Å². The van der Waals surface area contributed by atoms with Crippen molar-refractivity contribution in [2.75, 3.05) is 66.6 Å². The Kier molecular flexibility index (Phi) is 29.6. The third kappa shape index (κ3) is 26.6. The first-order valence-electron chi connectivity index (χ1n) is 29.3. The maximum atomic E-state index is 14.4. The monoisotopic (exact) mass is 1330 g/mol. The van der Waals surface area contributed by atoms with E-state index in [0.29, 0.717) is 11.1 Å². The normalized spacial score (nSPS) is 11.8. The van der Waals surface area contributed by atoms with Crippen LogP contribution in [0.25, 0.3) is 0 Å². The van der Waals surface area contributed by atoms with Gasteiger partial charge in [-0.15, -0.1) is 0 Å². The van der Waals surface area contributed by atoms with Gasteiger partial charge in [-0.05, 0) is 140 Å². The summed E-state index contributed by atoms with van der Waals surface area (Å²) in [5.41, 5.74) is -0.400. The second kappa shape index (κ2) is 37.4. The Bertz CT molecular complexity index is 3140. The second-order valence-electron chi connectivity index (χ2n) is 21.0. The van der Waals surface area contributed by atoms with Gasteiger partial charge in [0.2, 0.25) is 23.6 Å². The lowest BCUT2D eigenvalue weighted by Crippen LogP contribution is -2.47. The zero-order valence-electron chi connectivity index (χ0n) is 51.1. The van der Waals surface area contributed by atoms with E-state index in [0.717, 1.165) is 78.6 Å². The topological polar surface area (TPSA) is 286 Å². The van der Waals surface area contributed by atoms with E-state index in [4.69, 9.17) is 18.9 Å². The summed E-state index contributed by atoms with van der Waals surface area (Å²) in [5, 5.41) is 15.2. The molecule has 0 aliphatic carbocycles. The highest BCUT2D eigenvalue weighted by Gasteiger charge is 2.32. The molecule has 0 aliphatic heterocycles. The number of ether oxygens (including phenoxy) is 4. The molecule has 0 unspecified atom stereocenters. The van der Waals surface area contributed by atoms with Gasteiger partial charge in [-0.1, -0.05) is 54.6 Å². The van der Waals surface area contributed by atoms with Crippen molar-refractivity contribution in [3.63, 3.8) is 0 Å². The standard InChI is InChI=1S/C64H70F8N8O14/c1-91-59(87)51(77-61(89)93-39-43-12-20-47(21-13-43)63(67,68)69)10-3-5-30-73-53(81)35-79(37-55(83)75-32-28-41-16-24-49(65)25-17-41)57(85)45-8-7-9-46(34-45)58(86)80(38-56(84)76-33-29-42-18-26-50(66)27-19-42)36-54(82)74-31-6-4-11-52(60(88)92-2)78-62(90)94-40-44-14-22-48(23-15-44)64(70,71)72/h7-9,12-27,34,51-52H,3-6,10-11,28-33,35-40H2,1-2H3,(H,73,81)(H,74,82)(H,75,83)(H,76,84)(H,77,89)(H,78,90)/t51-,52-/m0/s1. The van der Waals surface area contributed by atoms with Crippen LogP contribution < -0.4 is 31.9 Å². The van der Waals surface area contributed by atoms with Crippen LogP contribution in [0.5, 0.6) is 0 Å². The molecule has 0 heterocycles. The molecule has 6 N–H and O–H groups in total. The van der Waals surface area contributed by atoms with Crippen LogP contribution in [0.1, 0.15) is 92.6 Å². The third-order valence-electron chi connectivity index (χ3n) is 13.9. The molecule has 0 aliphatic rings. The van der Waals surface area contributed by atoms with Crippen LogP contribution in [0.15, 0.2) is 121 Å². The molecule has 506 valence electrons. The van der Waals surface area contributed by atoms with Gasteiger partial charge >= 0.3 is 36.5 Å². The van der Waals surface area contributed by atoms with Crippen LogP contribution in [0.2, 0.25) is 0 Å². The first kappa shape index (κ1) is 74.6. The van der Waals surface area contributed by atoms with Crippen LogP contribution in [0.3, 0.4) is 0 Å². The summed E-state index contributed by atoms with van der Waals surface area (Å²) < 4.78 is 125. The average Bonchev–Trinajstić information content (AvgIpc) is 1.17. The van der Waals surface area contributed by atoms with Gasteiger partial charge in [0.05, 0.1) is 25.3 Å². The van der Waals surface area contributed by atoms with Crippen molar-refractivity contribution in [3.8, 4) is 0 Å². The molecule has 0 spiro atoms. The van der Waals surface area contributed by atoms with Crippen LogP contribution in [-0.2, 0) is 86.1 Å². The number of hydrogen-bond acceptors (Lipinski definition) is 14. The highest BCUT2D eigenvalue weighted by molar-refractivity contribution is 6.03. The fraction of sp³-hybridized carbons (Fsp3) is 0.375. The van der Waals surface area contributed by atoms with Gasteiger partial charge < -0.3 is 60.6 Å². The summed E-state index contributed by atoms with van der Waals surface area (Å²) in [6.45, 7) is -3.67. The number of carbonyl (C=O) groups is 10. The molecule has 0 aromatic heterocycles. The van der Waals surface area contributed by atoms with E-state index < -0.39 is 146 Å². The van der Waals surface area contributed by atoms with Crippen LogP contribution >= 0.6 is 0 Å². The maximum absolute atomic E-state index is 14.4. The number of alkyl halides is 6. The van der Waals surface area contributed by atoms with Crippen molar-refractivity contribution in [1.29, 1.82) is 0 Å². The molecule has 30 heteroatoms. The summed E-state index contributed by atoms with van der Waals surface area (Å²) in [7, 11) is 2.15. The number of amides is 8. The number of nitrogens with zero attached hydrogens (tertiary/aromatic N) is 2. The van der Waals surface area contributed by atoms with E-state index in [1.807, 2.05) is 0 Å². The maximum Gasteiger partial charge on any atom is 0.416 e. The van der Waals surface area contributed by atoms with E-state index in [1.54, 1.807) is 0 Å². The number of carbonyl (C=O) groups excluding carboxylic acids is 10. The summed E-state index contributed by atoms with van der Waals surface area (Å²) in [6, 6.07) is 21.3. The first-order valence-corrected chi connectivity index (χ1v) is 29.3. The molecule has 2 atom stereocenters. The van der Waals surface area contributed by atoms with Crippen molar-refractivity contribution in [2.45, 2.75) is 89.0 Å². The molecule has 0 saturated carbocycles. The predicted octanol–water partition coefficient (Wildman–Crippen LogP) is 7.11. The summed E-state index contributed by atoms with van der Waals surface area (Å²) in [5.74, 6) is -7.41. The Hall–Kier alpha value is -10.2. The fourth-order valence-corrected chi connectivity index (χ4v) is 8.89. The highest BCUT2D eigenvalue weighted by atomic mass is 19.4. The van der Waals surface area contributed by atoms with Gasteiger partial charge in [0, 0.05) is 37.3 Å². The van der Waals surface area contributed by atoms with Gasteiger partial charge in [-0.2, -0.15) is 26.3 Å². The number of halogens is 8. The van der Waals surface area contributed by atoms with Crippen molar-refractivity contribution < 1.29 is 102 Å². The highest BCUT2D eigenvalue weighted by Crippen LogP contribution is 2.30. The quantitative estimate of drug-likeness (QED) is 0.0104. The van der Waals surface area contributed by atoms with Crippen molar-refractivity contribution in [1.82, 2.24) is 41.7 Å². The minimum Gasteiger partial charge on any atom is -0.467 e. The molecule has 0 saturated heterocycles. The van der Waals surface area contributed by atoms with E-state index in [2.05, 4.69) is 31.9 Å². The largest absolute Gasteiger partial charge is 0.467 e. The Morgan fingerprint density at radius 2 is 0.745 bits per heavy atom. The zero-order chi connectivity index (χ0) is 68.8. The molecule has 8 amide bonds. The first-order chi connectivity index (χ1) is 44.7. The molecule has 5 aromatic carbocycles. The van der Waals surface area contributed by atoms with Gasteiger partial charge in [0.1, 0.15) is 63.1 Å². The smallest absolute Gasteiger partial charge is 0.416 e. The minimum absolute atomic E-state index is 0.0219. The fourth-order valence-electron chi connectivity index (χ4n) is 8.89. The van der Waals surface area contributed by atoms with E-state index in [1.165, 1.54) is 66.7 Å². The average molecular weight is 1330 g/mol. The van der Waals surface area contributed by atoms with Crippen molar-refractivity contribution in [2.24, 2.45) is 0 Å². The van der Waals surface area contributed by atoms with Crippen LogP contribution in [0, 0.1) is 11.6 Å². The van der Waals surface area contributed by atoms with E-state index in [9.17, 15) is 83.1 Å². The lowest BCUT2D eigenvalue weighted by Gasteiger charge is -2.24. The number of esters is 2. The number of unbranched alkanes of at least 4 members (excludes halogenated alkanes) is 2. The van der Waals surface area contributed by atoms with Crippen molar-refractivity contribution >= 4 is 59.6 Å². The Balaban J connectivity index is 1.22. The molecule has 0 bridgehead atoms. The van der Waals surface area contributed by atoms with Gasteiger partial charge in [0.15, 0.2) is 0 Å². The van der Waals surface area contributed by atoms with Gasteiger partial charge in [0.25, 0.3) is 11.8 Å².